The molecule has 1 unspecified atom stereocenters. The molecule has 0 saturated heterocycles. The van der Waals surface area contributed by atoms with Crippen LogP contribution in [0.3, 0.4) is 0 Å². The van der Waals surface area contributed by atoms with Gasteiger partial charge in [0.1, 0.15) is 5.54 Å². The third-order valence-electron chi connectivity index (χ3n) is 3.63. The van der Waals surface area contributed by atoms with E-state index in [1.165, 1.54) is 0 Å². The Morgan fingerprint density at radius 3 is 2.35 bits per heavy atom. The lowest BCUT2D eigenvalue weighted by Crippen LogP contribution is -2.57. The maximum absolute atomic E-state index is 11.9. The molecule has 0 bridgehead atoms. The number of hydrogen-bond donors (Lipinski definition) is 3. The number of nitrogens with one attached hydrogen (secondary N) is 1. The van der Waals surface area contributed by atoms with Gasteiger partial charge in [-0.1, -0.05) is 26.2 Å². The number of amides is 1. The Balaban J connectivity index is 2.73. The standard InChI is InChI=1S/C12H22N2O3/c1-2-9(8-13)10(15)14-12(11(16)17)6-4-3-5-7-12/h9H,2-8,13H2,1H3,(H,14,15)(H,16,17). The molecule has 1 rings (SSSR count). The number of carboxylic acids is 1. The predicted octanol–water partition coefficient (Wildman–Crippen LogP) is 0.875. The first-order valence-corrected chi connectivity index (χ1v) is 6.31. The van der Waals surface area contributed by atoms with E-state index in [0.29, 0.717) is 19.3 Å². The summed E-state index contributed by atoms with van der Waals surface area (Å²) in [6.07, 6.45) is 4.43. The Bertz CT molecular complexity index is 281. The van der Waals surface area contributed by atoms with Gasteiger partial charge in [-0.05, 0) is 19.3 Å². The summed E-state index contributed by atoms with van der Waals surface area (Å²) in [5.74, 6) is -1.43. The molecule has 0 aliphatic heterocycles. The highest BCUT2D eigenvalue weighted by molar-refractivity contribution is 5.88. The minimum atomic E-state index is -1.06. The van der Waals surface area contributed by atoms with Crippen LogP contribution in [-0.2, 0) is 9.59 Å². The first-order chi connectivity index (χ1) is 8.05. The fourth-order valence-corrected chi connectivity index (χ4v) is 2.34. The Kier molecular flexibility index (Phi) is 4.93. The van der Waals surface area contributed by atoms with E-state index in [1.807, 2.05) is 6.92 Å². The number of carbonyl (C=O) groups is 2. The molecule has 0 spiro atoms. The molecule has 17 heavy (non-hydrogen) atoms. The lowest BCUT2D eigenvalue weighted by atomic mass is 9.81. The van der Waals surface area contributed by atoms with Crippen LogP contribution in [0.15, 0.2) is 0 Å². The van der Waals surface area contributed by atoms with Crippen molar-refractivity contribution in [2.75, 3.05) is 6.54 Å². The monoisotopic (exact) mass is 242 g/mol. The number of aliphatic carboxylic acids is 1. The van der Waals surface area contributed by atoms with Gasteiger partial charge in [-0.25, -0.2) is 4.79 Å². The molecule has 5 nitrogen and oxygen atoms in total. The Hall–Kier alpha value is -1.10. The van der Waals surface area contributed by atoms with E-state index in [-0.39, 0.29) is 18.4 Å². The molecule has 5 heteroatoms. The van der Waals surface area contributed by atoms with Crippen molar-refractivity contribution in [1.82, 2.24) is 5.32 Å². The fraction of sp³-hybridized carbons (Fsp3) is 0.833. The van der Waals surface area contributed by atoms with Crippen molar-refractivity contribution in [2.45, 2.75) is 51.0 Å². The molecule has 0 aromatic rings. The van der Waals surface area contributed by atoms with Gasteiger partial charge in [-0.15, -0.1) is 0 Å². The van der Waals surface area contributed by atoms with Gasteiger partial charge < -0.3 is 16.2 Å². The van der Waals surface area contributed by atoms with Crippen molar-refractivity contribution in [3.8, 4) is 0 Å². The van der Waals surface area contributed by atoms with Crippen LogP contribution in [-0.4, -0.2) is 29.1 Å². The maximum atomic E-state index is 11.9. The van der Waals surface area contributed by atoms with Gasteiger partial charge in [0.2, 0.25) is 5.91 Å². The second-order valence-electron chi connectivity index (χ2n) is 4.78. The fourth-order valence-electron chi connectivity index (χ4n) is 2.34. The third-order valence-corrected chi connectivity index (χ3v) is 3.63. The number of carbonyl (C=O) groups excluding carboxylic acids is 1. The second kappa shape index (κ2) is 6.00. The van der Waals surface area contributed by atoms with Crippen LogP contribution in [0.4, 0.5) is 0 Å². The van der Waals surface area contributed by atoms with Crippen LogP contribution in [0.25, 0.3) is 0 Å². The summed E-state index contributed by atoms with van der Waals surface area (Å²) < 4.78 is 0. The smallest absolute Gasteiger partial charge is 0.329 e. The van der Waals surface area contributed by atoms with Crippen LogP contribution in [0, 0.1) is 5.92 Å². The van der Waals surface area contributed by atoms with E-state index in [0.717, 1.165) is 19.3 Å². The van der Waals surface area contributed by atoms with E-state index in [9.17, 15) is 14.7 Å². The highest BCUT2D eigenvalue weighted by Crippen LogP contribution is 2.28. The highest BCUT2D eigenvalue weighted by Gasteiger charge is 2.41. The molecule has 0 radical (unpaired) electrons. The third kappa shape index (κ3) is 3.19. The van der Waals surface area contributed by atoms with Gasteiger partial charge in [0.15, 0.2) is 0 Å². The van der Waals surface area contributed by atoms with Crippen molar-refractivity contribution < 1.29 is 14.7 Å². The Morgan fingerprint density at radius 1 is 1.35 bits per heavy atom. The largest absolute Gasteiger partial charge is 0.480 e. The summed E-state index contributed by atoms with van der Waals surface area (Å²) in [6.45, 7) is 2.14. The van der Waals surface area contributed by atoms with Gasteiger partial charge in [0.25, 0.3) is 0 Å². The van der Waals surface area contributed by atoms with Gasteiger partial charge in [-0.2, -0.15) is 0 Å². The molecule has 0 heterocycles. The molecule has 1 aliphatic carbocycles. The zero-order valence-electron chi connectivity index (χ0n) is 10.4. The van der Waals surface area contributed by atoms with E-state index >= 15 is 0 Å². The minimum absolute atomic E-state index is 0.223. The average molecular weight is 242 g/mol. The normalized spacial score (nSPS) is 20.6. The van der Waals surface area contributed by atoms with Gasteiger partial charge in [0.05, 0.1) is 0 Å². The van der Waals surface area contributed by atoms with Crippen molar-refractivity contribution in [1.29, 1.82) is 0 Å². The summed E-state index contributed by atoms with van der Waals surface area (Å²) in [6, 6.07) is 0. The van der Waals surface area contributed by atoms with Crippen molar-refractivity contribution in [2.24, 2.45) is 11.7 Å². The molecule has 0 aromatic heterocycles. The summed E-state index contributed by atoms with van der Waals surface area (Å²) in [4.78, 5) is 23.3. The van der Waals surface area contributed by atoms with E-state index in [2.05, 4.69) is 5.32 Å². The van der Waals surface area contributed by atoms with E-state index in [4.69, 9.17) is 5.73 Å². The van der Waals surface area contributed by atoms with Crippen LogP contribution in [0.2, 0.25) is 0 Å². The molecule has 1 aliphatic rings. The topological polar surface area (TPSA) is 92.4 Å². The minimum Gasteiger partial charge on any atom is -0.480 e. The van der Waals surface area contributed by atoms with Gasteiger partial charge in [-0.3, -0.25) is 4.79 Å². The summed E-state index contributed by atoms with van der Waals surface area (Å²) >= 11 is 0. The SMILES string of the molecule is CCC(CN)C(=O)NC1(C(=O)O)CCCCC1. The zero-order chi connectivity index (χ0) is 12.9. The molecule has 1 fully saturated rings. The predicted molar refractivity (Wildman–Crippen MR) is 64.4 cm³/mol. The summed E-state index contributed by atoms with van der Waals surface area (Å²) in [5.41, 5.74) is 4.44. The van der Waals surface area contributed by atoms with E-state index < -0.39 is 11.5 Å². The molecule has 4 N–H and O–H groups in total. The summed E-state index contributed by atoms with van der Waals surface area (Å²) in [5, 5.41) is 12.0. The number of rotatable bonds is 5. The lowest BCUT2D eigenvalue weighted by molar-refractivity contribution is -0.150. The van der Waals surface area contributed by atoms with Crippen LogP contribution in [0.1, 0.15) is 45.4 Å². The molecular formula is C12H22N2O3. The molecule has 1 amide bonds. The highest BCUT2D eigenvalue weighted by atomic mass is 16.4. The van der Waals surface area contributed by atoms with Crippen molar-refractivity contribution in [3.05, 3.63) is 0 Å². The van der Waals surface area contributed by atoms with Crippen LogP contribution >= 0.6 is 0 Å². The first-order valence-electron chi connectivity index (χ1n) is 6.31. The Morgan fingerprint density at radius 2 is 1.94 bits per heavy atom. The molecule has 0 aromatic carbocycles. The Labute approximate surface area is 102 Å². The molecular weight excluding hydrogens is 220 g/mol. The lowest BCUT2D eigenvalue weighted by Gasteiger charge is -2.35. The number of hydrogen-bond acceptors (Lipinski definition) is 3. The molecule has 98 valence electrons. The van der Waals surface area contributed by atoms with Crippen LogP contribution < -0.4 is 11.1 Å². The van der Waals surface area contributed by atoms with Gasteiger partial charge >= 0.3 is 5.97 Å². The molecule has 1 saturated carbocycles. The van der Waals surface area contributed by atoms with E-state index in [1.54, 1.807) is 0 Å². The van der Waals surface area contributed by atoms with Crippen LogP contribution in [0.5, 0.6) is 0 Å². The number of nitrogens with two attached hydrogens (primary N) is 1. The molecule has 1 atom stereocenters. The zero-order valence-corrected chi connectivity index (χ0v) is 10.4. The number of carboxylic acid groups (broad SMARTS) is 1. The average Bonchev–Trinajstić information content (AvgIpc) is 2.31. The van der Waals surface area contributed by atoms with Gasteiger partial charge in [0, 0.05) is 12.5 Å². The summed E-state index contributed by atoms with van der Waals surface area (Å²) in [7, 11) is 0. The van der Waals surface area contributed by atoms with Crippen molar-refractivity contribution in [3.63, 3.8) is 0 Å². The van der Waals surface area contributed by atoms with Crippen molar-refractivity contribution >= 4 is 11.9 Å². The quantitative estimate of drug-likeness (QED) is 0.667. The first kappa shape index (κ1) is 14.0. The maximum Gasteiger partial charge on any atom is 0.329 e. The second-order valence-corrected chi connectivity index (χ2v) is 4.78.